The van der Waals surface area contributed by atoms with Gasteiger partial charge in [-0.1, -0.05) is 30.3 Å². The van der Waals surface area contributed by atoms with Crippen molar-refractivity contribution in [1.29, 1.82) is 0 Å². The lowest BCUT2D eigenvalue weighted by Gasteiger charge is -2.21. The Morgan fingerprint density at radius 3 is 2.48 bits per heavy atom. The molecule has 2 N–H and O–H groups in total. The number of halogens is 1. The predicted octanol–water partition coefficient (Wildman–Crippen LogP) is 2.77. The van der Waals surface area contributed by atoms with Gasteiger partial charge in [0.25, 0.3) is 0 Å². The number of anilines is 1. The summed E-state index contributed by atoms with van der Waals surface area (Å²) in [5.74, 6) is -2.01. The number of primary amides is 1. The third-order valence-corrected chi connectivity index (χ3v) is 4.84. The lowest BCUT2D eigenvalue weighted by Crippen LogP contribution is -2.33. The summed E-state index contributed by atoms with van der Waals surface area (Å²) in [6, 6.07) is 14.3. The lowest BCUT2D eigenvalue weighted by atomic mass is 10.1. The van der Waals surface area contributed by atoms with Gasteiger partial charge < -0.3 is 10.5 Å². The molecule has 0 unspecified atom stereocenters. The maximum Gasteiger partial charge on any atom is 0.238 e. The molecule has 0 aliphatic heterocycles. The normalized spacial score (nSPS) is 10.8. The molecule has 0 aliphatic rings. The second-order valence-electron chi connectivity index (χ2n) is 6.07. The van der Waals surface area contributed by atoms with E-state index in [0.29, 0.717) is 4.31 Å². The number of hydrogen-bond acceptors (Lipinski definition) is 6. The molecule has 0 fully saturated rings. The number of amides is 1. The fourth-order valence-electron chi connectivity index (χ4n) is 2.82. The van der Waals surface area contributed by atoms with Gasteiger partial charge in [0.05, 0.1) is 0 Å². The second-order valence-corrected chi connectivity index (χ2v) is 7.03. The van der Waals surface area contributed by atoms with Crippen LogP contribution in [-0.2, 0) is 22.3 Å². The Hall–Kier alpha value is -3.53. The Morgan fingerprint density at radius 2 is 1.86 bits per heavy atom. The van der Waals surface area contributed by atoms with E-state index >= 15 is 4.39 Å². The molecule has 0 atom stereocenters. The zero-order valence-corrected chi connectivity index (χ0v) is 15.8. The molecule has 0 aliphatic carbocycles. The molecule has 3 aromatic carbocycles. The van der Waals surface area contributed by atoms with Gasteiger partial charge in [-0.05, 0) is 40.4 Å². The van der Waals surface area contributed by atoms with Crippen LogP contribution in [0.3, 0.4) is 0 Å². The number of carbonyl (C=O) groups excluding carboxylic acids is 1. The first kappa shape index (κ1) is 20.2. The highest BCUT2D eigenvalue weighted by Gasteiger charge is 2.24. The molecule has 29 heavy (non-hydrogen) atoms. The summed E-state index contributed by atoms with van der Waals surface area (Å²) in [6.07, 6.45) is 0. The van der Waals surface area contributed by atoms with Crippen LogP contribution < -0.4 is 14.8 Å². The second kappa shape index (κ2) is 8.65. The molecule has 0 aromatic heterocycles. The largest absolute Gasteiger partial charge is 0.487 e. The number of fused-ring (bicyclic) bond motifs is 1. The van der Waals surface area contributed by atoms with Gasteiger partial charge in [-0.3, -0.25) is 9.10 Å². The molecule has 0 heterocycles. The van der Waals surface area contributed by atoms with Crippen molar-refractivity contribution in [2.75, 3.05) is 10.8 Å². The number of ether oxygens (including phenoxy) is 1. The third kappa shape index (κ3) is 4.49. The number of hydrogen-bond donors (Lipinski definition) is 2. The summed E-state index contributed by atoms with van der Waals surface area (Å²) in [4.78, 5) is 22.1. The van der Waals surface area contributed by atoms with Gasteiger partial charge in [0.2, 0.25) is 16.8 Å². The highest BCUT2D eigenvalue weighted by Crippen LogP contribution is 2.39. The Bertz CT molecular complexity index is 1140. The van der Waals surface area contributed by atoms with Crippen LogP contribution in [0.25, 0.3) is 10.8 Å². The summed E-state index contributed by atoms with van der Waals surface area (Å²) in [7, 11) is -3.39. The molecule has 3 aromatic rings. The fourth-order valence-corrected chi connectivity index (χ4v) is 3.43. The predicted molar refractivity (Wildman–Crippen MR) is 107 cm³/mol. The topological polar surface area (TPSA) is 119 Å². The number of carbonyl (C=O) groups is 1. The first-order valence-electron chi connectivity index (χ1n) is 8.37. The van der Waals surface area contributed by atoms with Crippen molar-refractivity contribution in [3.8, 4) is 5.75 Å². The van der Waals surface area contributed by atoms with E-state index in [4.69, 9.17) is 10.5 Å². The van der Waals surface area contributed by atoms with Crippen LogP contribution in [0.1, 0.15) is 5.56 Å². The molecule has 0 bridgehead atoms. The molecular formula is C19H16FN3O5S. The zero-order chi connectivity index (χ0) is 21.0. The average molecular weight is 417 g/mol. The Morgan fingerprint density at radius 1 is 1.14 bits per heavy atom. The number of nitrogens with two attached hydrogens (primary N) is 1. The highest BCUT2D eigenvalue weighted by atomic mass is 32.2. The first-order chi connectivity index (χ1) is 13.9. The van der Waals surface area contributed by atoms with Crippen molar-refractivity contribution in [2.24, 2.45) is 10.9 Å². The van der Waals surface area contributed by atoms with Crippen LogP contribution in [0.15, 0.2) is 59.8 Å². The standard InChI is InChI=1S/C19H16FN3O5S/c20-18-15-7-6-14(22-25)8-13(15)9-16(28-11-12-4-2-1-3-5-12)19(18)23(29(26)27)10-17(21)24/h1-9,29H,10-11H2,(H2,21,24). The van der Waals surface area contributed by atoms with Crippen molar-refractivity contribution in [3.05, 3.63) is 70.9 Å². The Balaban J connectivity index is 2.17. The van der Waals surface area contributed by atoms with Crippen LogP contribution in [0.4, 0.5) is 15.8 Å². The SMILES string of the molecule is NC(=O)CN(c1c(OCc2ccccc2)cc2cc(N=O)ccc2c1F)[SH](=O)=O. The van der Waals surface area contributed by atoms with E-state index < -0.39 is 34.8 Å². The zero-order valence-electron chi connectivity index (χ0n) is 14.9. The van der Waals surface area contributed by atoms with E-state index in [1.54, 1.807) is 24.3 Å². The number of rotatable bonds is 8. The van der Waals surface area contributed by atoms with Crippen LogP contribution in [0.2, 0.25) is 0 Å². The Kier molecular flexibility index (Phi) is 6.03. The first-order valence-corrected chi connectivity index (χ1v) is 9.50. The number of nitrogens with zero attached hydrogens (tertiary/aromatic N) is 2. The van der Waals surface area contributed by atoms with Crippen molar-refractivity contribution < 1.29 is 22.3 Å². The Labute approximate surface area is 166 Å². The van der Waals surface area contributed by atoms with Crippen LogP contribution in [0.5, 0.6) is 5.75 Å². The molecular weight excluding hydrogens is 401 g/mol. The van der Waals surface area contributed by atoms with Crippen LogP contribution in [-0.4, -0.2) is 20.9 Å². The van der Waals surface area contributed by atoms with Crippen molar-refractivity contribution in [3.63, 3.8) is 0 Å². The van der Waals surface area contributed by atoms with Crippen molar-refractivity contribution in [1.82, 2.24) is 0 Å². The van der Waals surface area contributed by atoms with Gasteiger partial charge in [-0.2, -0.15) is 0 Å². The fraction of sp³-hybridized carbons (Fsp3) is 0.105. The molecule has 10 heteroatoms. The summed E-state index contributed by atoms with van der Waals surface area (Å²) >= 11 is 0. The molecule has 3 rings (SSSR count). The van der Waals surface area contributed by atoms with Gasteiger partial charge in [-0.25, -0.2) is 12.8 Å². The summed E-state index contributed by atoms with van der Waals surface area (Å²) in [6.45, 7) is -0.735. The maximum absolute atomic E-state index is 15.3. The summed E-state index contributed by atoms with van der Waals surface area (Å²) in [5, 5.41) is 3.13. The third-order valence-electron chi connectivity index (χ3n) is 4.10. The molecule has 0 saturated heterocycles. The average Bonchev–Trinajstić information content (AvgIpc) is 2.71. The van der Waals surface area contributed by atoms with Gasteiger partial charge in [0.15, 0.2) is 5.82 Å². The van der Waals surface area contributed by atoms with Gasteiger partial charge >= 0.3 is 0 Å². The molecule has 0 spiro atoms. The van der Waals surface area contributed by atoms with E-state index in [-0.39, 0.29) is 28.8 Å². The maximum atomic E-state index is 15.3. The van der Waals surface area contributed by atoms with Gasteiger partial charge in [-0.15, -0.1) is 4.91 Å². The monoisotopic (exact) mass is 417 g/mol. The van der Waals surface area contributed by atoms with Crippen molar-refractivity contribution >= 4 is 38.9 Å². The molecule has 1 amide bonds. The summed E-state index contributed by atoms with van der Waals surface area (Å²) < 4.78 is 45.0. The van der Waals surface area contributed by atoms with E-state index in [1.165, 1.54) is 24.3 Å². The molecule has 0 radical (unpaired) electrons. The minimum Gasteiger partial charge on any atom is -0.487 e. The van der Waals surface area contributed by atoms with Gasteiger partial charge in [0, 0.05) is 5.39 Å². The summed E-state index contributed by atoms with van der Waals surface area (Å²) in [5.41, 5.74) is 5.52. The van der Waals surface area contributed by atoms with Crippen molar-refractivity contribution in [2.45, 2.75) is 6.61 Å². The molecule has 150 valence electrons. The minimum atomic E-state index is -3.39. The van der Waals surface area contributed by atoms with Gasteiger partial charge in [0.1, 0.15) is 30.3 Å². The lowest BCUT2D eigenvalue weighted by molar-refractivity contribution is -0.116. The molecule has 0 saturated carbocycles. The molecule has 8 nitrogen and oxygen atoms in total. The van der Waals surface area contributed by atoms with E-state index in [9.17, 15) is 18.1 Å². The quantitative estimate of drug-likeness (QED) is 0.431. The van der Waals surface area contributed by atoms with E-state index in [1.807, 2.05) is 6.07 Å². The number of thiol groups is 1. The smallest absolute Gasteiger partial charge is 0.238 e. The number of benzene rings is 3. The minimum absolute atomic E-state index is 0.0183. The highest BCUT2D eigenvalue weighted by molar-refractivity contribution is 7.74. The van der Waals surface area contributed by atoms with E-state index in [0.717, 1.165) is 5.56 Å². The number of nitroso groups, excluding NO2 is 1. The van der Waals surface area contributed by atoms with Crippen LogP contribution in [0, 0.1) is 10.7 Å². The van der Waals surface area contributed by atoms with E-state index in [2.05, 4.69) is 5.18 Å². The van der Waals surface area contributed by atoms with Crippen LogP contribution >= 0.6 is 0 Å².